The monoisotopic (exact) mass is 443 g/mol. The largest absolute Gasteiger partial charge is 0.573 e. The van der Waals surface area contributed by atoms with Crippen LogP contribution < -0.4 is 9.64 Å². The molecule has 5 nitrogen and oxygen atoms in total. The Morgan fingerprint density at radius 2 is 1.38 bits per heavy atom. The van der Waals surface area contributed by atoms with Crippen LogP contribution in [-0.4, -0.2) is 23.3 Å². The van der Waals surface area contributed by atoms with E-state index < -0.39 is 18.2 Å². The summed E-state index contributed by atoms with van der Waals surface area (Å²) in [5.41, 5.74) is 4.49. The number of rotatable bonds is 5. The first-order valence-corrected chi connectivity index (χ1v) is 9.60. The summed E-state index contributed by atoms with van der Waals surface area (Å²) in [5, 5.41) is 9.26. The third kappa shape index (κ3) is 5.87. The maximum absolute atomic E-state index is 12.3. The second-order valence-corrected chi connectivity index (χ2v) is 7.31. The van der Waals surface area contributed by atoms with Gasteiger partial charge in [-0.2, -0.15) is 0 Å². The molecule has 0 radical (unpaired) electrons. The molecule has 0 saturated heterocycles. The Morgan fingerprint density at radius 1 is 0.875 bits per heavy atom. The Kier molecular flexibility index (Phi) is 6.53. The zero-order valence-corrected chi connectivity index (χ0v) is 17.3. The number of alkyl halides is 3. The molecule has 1 N–H and O–H groups in total. The van der Waals surface area contributed by atoms with Gasteiger partial charge in [0, 0.05) is 5.69 Å². The van der Waals surface area contributed by atoms with Gasteiger partial charge in [0.1, 0.15) is 5.75 Å². The van der Waals surface area contributed by atoms with Gasteiger partial charge in [0.05, 0.1) is 6.54 Å². The molecule has 0 aliphatic carbocycles. The van der Waals surface area contributed by atoms with Gasteiger partial charge in [-0.25, -0.2) is 4.79 Å². The number of anilines is 1. The van der Waals surface area contributed by atoms with E-state index in [4.69, 9.17) is 0 Å². The molecule has 0 unspecified atom stereocenters. The lowest BCUT2D eigenvalue weighted by atomic mass is 10.0. The minimum atomic E-state index is -4.76. The Balaban J connectivity index is 1.85. The van der Waals surface area contributed by atoms with E-state index in [1.165, 1.54) is 29.2 Å². The maximum atomic E-state index is 12.3. The number of benzene rings is 3. The molecule has 8 heteroatoms. The molecule has 0 aromatic heterocycles. The summed E-state index contributed by atoms with van der Waals surface area (Å²) in [7, 11) is 0. The molecule has 0 atom stereocenters. The first-order chi connectivity index (χ1) is 15.0. The topological polar surface area (TPSA) is 66.8 Å². The maximum Gasteiger partial charge on any atom is 0.573 e. The third-order valence-corrected chi connectivity index (χ3v) is 4.65. The molecule has 0 heterocycles. The van der Waals surface area contributed by atoms with Crippen LogP contribution in [0.3, 0.4) is 0 Å². The number of aliphatic carboxylic acids is 1. The number of halogens is 3. The summed E-state index contributed by atoms with van der Waals surface area (Å²) >= 11 is 0. The van der Waals surface area contributed by atoms with Gasteiger partial charge < -0.3 is 9.84 Å². The first kappa shape index (κ1) is 22.9. The molecular weight excluding hydrogens is 423 g/mol. The number of amides is 1. The summed E-state index contributed by atoms with van der Waals surface area (Å²) in [6.45, 7) is 3.91. The van der Waals surface area contributed by atoms with E-state index in [1.807, 2.05) is 32.0 Å². The van der Waals surface area contributed by atoms with Crippen LogP contribution >= 0.6 is 0 Å². The number of hydrogen-bond acceptors (Lipinski definition) is 3. The summed E-state index contributed by atoms with van der Waals surface area (Å²) in [6, 6.07) is 17.6. The van der Waals surface area contributed by atoms with Crippen molar-refractivity contribution >= 4 is 17.6 Å². The zero-order valence-electron chi connectivity index (χ0n) is 17.3. The Morgan fingerprint density at radius 3 is 1.84 bits per heavy atom. The number of carbonyl (C=O) groups excluding carboxylic acids is 1. The van der Waals surface area contributed by atoms with Crippen molar-refractivity contribution in [3.8, 4) is 16.9 Å². The fourth-order valence-electron chi connectivity index (χ4n) is 3.42. The number of ether oxygens (including phenoxy) is 1. The second-order valence-electron chi connectivity index (χ2n) is 7.31. The van der Waals surface area contributed by atoms with Crippen molar-refractivity contribution in [3.05, 3.63) is 83.4 Å². The number of carboxylic acids is 1. The van der Waals surface area contributed by atoms with E-state index in [2.05, 4.69) is 4.74 Å². The Hall–Kier alpha value is -3.81. The fourth-order valence-corrected chi connectivity index (χ4v) is 3.42. The van der Waals surface area contributed by atoms with Crippen LogP contribution in [0.5, 0.6) is 5.75 Å². The summed E-state index contributed by atoms with van der Waals surface area (Å²) in [6.07, 6.45) is -4.76. The number of aryl methyl sites for hydroxylation is 2. The molecule has 0 fully saturated rings. The average Bonchev–Trinajstić information content (AvgIpc) is 2.70. The predicted molar refractivity (Wildman–Crippen MR) is 113 cm³/mol. The molecular formula is C24H20F3NO4. The van der Waals surface area contributed by atoms with Gasteiger partial charge in [-0.3, -0.25) is 9.69 Å². The predicted octanol–water partition coefficient (Wildman–Crippen LogP) is 5.49. The van der Waals surface area contributed by atoms with Crippen molar-refractivity contribution < 1.29 is 32.6 Å². The molecule has 0 saturated carbocycles. The van der Waals surface area contributed by atoms with E-state index in [0.29, 0.717) is 16.8 Å². The van der Waals surface area contributed by atoms with Crippen LogP contribution in [0.4, 0.5) is 18.9 Å². The van der Waals surface area contributed by atoms with E-state index >= 15 is 0 Å². The van der Waals surface area contributed by atoms with Crippen molar-refractivity contribution in [2.24, 2.45) is 0 Å². The number of hydrogen-bond donors (Lipinski definition) is 1. The van der Waals surface area contributed by atoms with Gasteiger partial charge in [0.15, 0.2) is 0 Å². The first-order valence-electron chi connectivity index (χ1n) is 9.60. The van der Waals surface area contributed by atoms with Crippen LogP contribution in [0.25, 0.3) is 11.1 Å². The van der Waals surface area contributed by atoms with Gasteiger partial charge in [-0.15, -0.1) is 13.2 Å². The standard InChI is InChI=1S/C24H20F3NO4/c1-15-11-16(2)13-17(12-15)14-28(22(29)23(30)31)20-7-3-18(4-8-20)19-5-9-21(10-6-19)32-24(25,26)27/h3-13H,14H2,1-2H3,(H,30,31). The summed E-state index contributed by atoms with van der Waals surface area (Å²) < 4.78 is 40.8. The smallest absolute Gasteiger partial charge is 0.474 e. The second kappa shape index (κ2) is 9.13. The van der Waals surface area contributed by atoms with Gasteiger partial charge in [-0.1, -0.05) is 53.6 Å². The Labute approximate surface area is 182 Å². The highest BCUT2D eigenvalue weighted by molar-refractivity contribution is 6.37. The zero-order chi connectivity index (χ0) is 23.5. The molecule has 3 aromatic carbocycles. The lowest BCUT2D eigenvalue weighted by Crippen LogP contribution is -2.36. The van der Waals surface area contributed by atoms with Crippen LogP contribution in [-0.2, 0) is 16.1 Å². The molecule has 0 aliphatic heterocycles. The number of carboxylic acid groups (broad SMARTS) is 1. The fraction of sp³-hybridized carbons (Fsp3) is 0.167. The molecule has 0 bridgehead atoms. The highest BCUT2D eigenvalue weighted by Crippen LogP contribution is 2.28. The van der Waals surface area contributed by atoms with E-state index in [0.717, 1.165) is 16.7 Å². The third-order valence-electron chi connectivity index (χ3n) is 4.65. The van der Waals surface area contributed by atoms with E-state index in [-0.39, 0.29) is 12.3 Å². The molecule has 166 valence electrons. The van der Waals surface area contributed by atoms with Gasteiger partial charge >= 0.3 is 18.2 Å². The van der Waals surface area contributed by atoms with Crippen molar-refractivity contribution in [1.82, 2.24) is 0 Å². The quantitative estimate of drug-likeness (QED) is 0.530. The van der Waals surface area contributed by atoms with Gasteiger partial charge in [0.25, 0.3) is 0 Å². The van der Waals surface area contributed by atoms with Crippen molar-refractivity contribution in [2.75, 3.05) is 4.90 Å². The van der Waals surface area contributed by atoms with Crippen LogP contribution in [0.2, 0.25) is 0 Å². The lowest BCUT2D eigenvalue weighted by Gasteiger charge is -2.22. The van der Waals surface area contributed by atoms with Crippen LogP contribution in [0, 0.1) is 13.8 Å². The van der Waals surface area contributed by atoms with Crippen molar-refractivity contribution in [3.63, 3.8) is 0 Å². The highest BCUT2D eigenvalue weighted by Gasteiger charge is 2.31. The van der Waals surface area contributed by atoms with E-state index in [9.17, 15) is 27.9 Å². The van der Waals surface area contributed by atoms with Crippen molar-refractivity contribution in [2.45, 2.75) is 26.8 Å². The minimum absolute atomic E-state index is 0.0798. The molecule has 0 spiro atoms. The highest BCUT2D eigenvalue weighted by atomic mass is 19.4. The Bertz CT molecular complexity index is 1100. The minimum Gasteiger partial charge on any atom is -0.474 e. The van der Waals surface area contributed by atoms with Crippen LogP contribution in [0.15, 0.2) is 66.7 Å². The average molecular weight is 443 g/mol. The summed E-state index contributed by atoms with van der Waals surface area (Å²) in [4.78, 5) is 24.9. The summed E-state index contributed by atoms with van der Waals surface area (Å²) in [5.74, 6) is -2.96. The molecule has 3 rings (SSSR count). The molecule has 32 heavy (non-hydrogen) atoms. The van der Waals surface area contributed by atoms with E-state index in [1.54, 1.807) is 24.3 Å². The molecule has 3 aromatic rings. The molecule has 1 amide bonds. The molecule has 0 aliphatic rings. The van der Waals surface area contributed by atoms with Crippen LogP contribution in [0.1, 0.15) is 16.7 Å². The van der Waals surface area contributed by atoms with Crippen molar-refractivity contribution in [1.29, 1.82) is 0 Å². The normalized spacial score (nSPS) is 11.2. The van der Waals surface area contributed by atoms with Gasteiger partial charge in [-0.05, 0) is 54.8 Å². The lowest BCUT2D eigenvalue weighted by molar-refractivity contribution is -0.274. The number of nitrogens with zero attached hydrogens (tertiary/aromatic N) is 1. The van der Waals surface area contributed by atoms with Gasteiger partial charge in [0.2, 0.25) is 0 Å². The number of carbonyl (C=O) groups is 2. The SMILES string of the molecule is Cc1cc(C)cc(CN(C(=O)C(=O)O)c2ccc(-c3ccc(OC(F)(F)F)cc3)cc2)c1.